The van der Waals surface area contributed by atoms with E-state index in [9.17, 15) is 0 Å². The first-order chi connectivity index (χ1) is 11.7. The van der Waals surface area contributed by atoms with Crippen LogP contribution in [0, 0.1) is 6.92 Å². The van der Waals surface area contributed by atoms with Gasteiger partial charge in [0, 0.05) is 25.2 Å². The van der Waals surface area contributed by atoms with Gasteiger partial charge in [-0.25, -0.2) is 0 Å². The van der Waals surface area contributed by atoms with Crippen molar-refractivity contribution in [1.29, 1.82) is 0 Å². The summed E-state index contributed by atoms with van der Waals surface area (Å²) in [7, 11) is 1.74. The Bertz CT molecular complexity index is 720. The number of nitrogens with zero attached hydrogens (tertiary/aromatic N) is 4. The normalized spacial score (nSPS) is 21.0. The molecule has 0 spiro atoms. The average molecular weight is 327 g/mol. The topological polar surface area (TPSA) is 55.2 Å². The molecule has 2 aliphatic rings. The number of hydrogen-bond acceptors (Lipinski definition) is 5. The summed E-state index contributed by atoms with van der Waals surface area (Å²) < 4.78 is 7.85. The zero-order valence-electron chi connectivity index (χ0n) is 14.5. The molecule has 3 heterocycles. The minimum atomic E-state index is 0.384. The highest BCUT2D eigenvalue weighted by Crippen LogP contribution is 2.26. The minimum absolute atomic E-state index is 0.384. The second-order valence-corrected chi connectivity index (χ2v) is 6.80. The minimum Gasteiger partial charge on any atom is -0.496 e. The zero-order chi connectivity index (χ0) is 16.5. The van der Waals surface area contributed by atoms with E-state index in [0.29, 0.717) is 6.04 Å². The number of fused-ring (bicyclic) bond motifs is 1. The highest BCUT2D eigenvalue weighted by molar-refractivity contribution is 5.37. The Balaban J connectivity index is 1.49. The smallest absolute Gasteiger partial charge is 0.150 e. The molecule has 6 nitrogen and oxygen atoms in total. The fourth-order valence-corrected chi connectivity index (χ4v) is 3.75. The fourth-order valence-electron chi connectivity index (χ4n) is 3.75. The molecule has 1 saturated heterocycles. The van der Waals surface area contributed by atoms with Crippen LogP contribution in [0.25, 0.3) is 0 Å². The second-order valence-electron chi connectivity index (χ2n) is 6.80. The van der Waals surface area contributed by atoms with Crippen LogP contribution in [0.5, 0.6) is 5.75 Å². The molecule has 6 heteroatoms. The fraction of sp³-hybridized carbons (Fsp3) is 0.556. The predicted molar refractivity (Wildman–Crippen MR) is 91.8 cm³/mol. The summed E-state index contributed by atoms with van der Waals surface area (Å²) >= 11 is 0. The van der Waals surface area contributed by atoms with Crippen molar-refractivity contribution in [2.24, 2.45) is 0 Å². The number of benzene rings is 1. The summed E-state index contributed by atoms with van der Waals surface area (Å²) in [4.78, 5) is 2.42. The molecule has 0 amide bonds. The molecular formula is C18H25N5O. The van der Waals surface area contributed by atoms with Crippen molar-refractivity contribution in [1.82, 2.24) is 25.0 Å². The van der Waals surface area contributed by atoms with E-state index in [0.717, 1.165) is 50.1 Å². The van der Waals surface area contributed by atoms with Crippen molar-refractivity contribution in [2.75, 3.05) is 20.2 Å². The number of aryl methyl sites for hydroxylation is 1. The Morgan fingerprint density at radius 3 is 3.00 bits per heavy atom. The lowest BCUT2D eigenvalue weighted by Crippen LogP contribution is -2.34. The Hall–Kier alpha value is -1.92. The van der Waals surface area contributed by atoms with Crippen LogP contribution in [-0.4, -0.2) is 39.9 Å². The van der Waals surface area contributed by atoms with Gasteiger partial charge >= 0.3 is 0 Å². The van der Waals surface area contributed by atoms with Gasteiger partial charge in [-0.15, -0.1) is 10.2 Å². The van der Waals surface area contributed by atoms with Crippen molar-refractivity contribution in [2.45, 2.75) is 45.4 Å². The van der Waals surface area contributed by atoms with Gasteiger partial charge < -0.3 is 14.6 Å². The standard InChI is InChI=1S/C18H25N5O/c1-13-5-6-14(16(10-13)24-2)11-22-8-9-23-17(12-22)20-21-18(23)15-4-3-7-19-15/h5-6,10,15,19H,3-4,7-9,11-12H2,1-2H3/t15-/m0/s1. The molecule has 24 heavy (non-hydrogen) atoms. The third-order valence-electron chi connectivity index (χ3n) is 5.07. The molecule has 128 valence electrons. The van der Waals surface area contributed by atoms with E-state index in [1.807, 2.05) is 0 Å². The van der Waals surface area contributed by atoms with E-state index in [1.165, 1.54) is 24.0 Å². The monoisotopic (exact) mass is 327 g/mol. The lowest BCUT2D eigenvalue weighted by molar-refractivity contribution is 0.203. The van der Waals surface area contributed by atoms with Gasteiger partial charge in [-0.3, -0.25) is 4.90 Å². The van der Waals surface area contributed by atoms with Crippen molar-refractivity contribution in [3.63, 3.8) is 0 Å². The van der Waals surface area contributed by atoms with E-state index in [1.54, 1.807) is 7.11 Å². The van der Waals surface area contributed by atoms with Gasteiger partial charge in [0.15, 0.2) is 0 Å². The number of methoxy groups -OCH3 is 1. The first-order valence-corrected chi connectivity index (χ1v) is 8.76. The van der Waals surface area contributed by atoms with Gasteiger partial charge in [0.1, 0.15) is 17.4 Å². The Labute approximate surface area is 142 Å². The molecule has 0 saturated carbocycles. The highest BCUT2D eigenvalue weighted by atomic mass is 16.5. The van der Waals surface area contributed by atoms with Crippen LogP contribution in [0.1, 0.15) is 41.7 Å². The second kappa shape index (κ2) is 6.53. The van der Waals surface area contributed by atoms with Crippen LogP contribution in [0.15, 0.2) is 18.2 Å². The van der Waals surface area contributed by atoms with Gasteiger partial charge in [0.25, 0.3) is 0 Å². The van der Waals surface area contributed by atoms with Gasteiger partial charge in [0.2, 0.25) is 0 Å². The molecule has 1 aromatic carbocycles. The quantitative estimate of drug-likeness (QED) is 0.931. The summed E-state index contributed by atoms with van der Waals surface area (Å²) in [6.45, 7) is 6.89. The maximum Gasteiger partial charge on any atom is 0.150 e. The maximum absolute atomic E-state index is 5.54. The molecule has 1 N–H and O–H groups in total. The molecule has 1 aromatic heterocycles. The molecule has 1 atom stereocenters. The average Bonchev–Trinajstić information content (AvgIpc) is 3.25. The maximum atomic E-state index is 5.54. The highest BCUT2D eigenvalue weighted by Gasteiger charge is 2.27. The molecule has 0 radical (unpaired) electrons. The zero-order valence-corrected chi connectivity index (χ0v) is 14.5. The van der Waals surface area contributed by atoms with Crippen molar-refractivity contribution in [3.8, 4) is 5.75 Å². The van der Waals surface area contributed by atoms with E-state index in [4.69, 9.17) is 4.74 Å². The van der Waals surface area contributed by atoms with E-state index < -0.39 is 0 Å². The molecule has 0 bridgehead atoms. The third kappa shape index (κ3) is 2.91. The third-order valence-corrected chi connectivity index (χ3v) is 5.07. The van der Waals surface area contributed by atoms with Gasteiger partial charge in [-0.05, 0) is 37.9 Å². The Morgan fingerprint density at radius 2 is 2.21 bits per heavy atom. The number of nitrogens with one attached hydrogen (secondary N) is 1. The van der Waals surface area contributed by atoms with Crippen molar-refractivity contribution in [3.05, 3.63) is 41.0 Å². The summed E-state index contributed by atoms with van der Waals surface area (Å²) in [6.07, 6.45) is 2.40. The van der Waals surface area contributed by atoms with Crippen LogP contribution in [0.2, 0.25) is 0 Å². The molecule has 0 aliphatic carbocycles. The van der Waals surface area contributed by atoms with E-state index >= 15 is 0 Å². The molecule has 1 fully saturated rings. The molecule has 0 unspecified atom stereocenters. The molecule has 2 aromatic rings. The number of ether oxygens (including phenoxy) is 1. The van der Waals surface area contributed by atoms with E-state index in [-0.39, 0.29) is 0 Å². The Morgan fingerprint density at radius 1 is 1.29 bits per heavy atom. The van der Waals surface area contributed by atoms with Gasteiger partial charge in [-0.1, -0.05) is 12.1 Å². The van der Waals surface area contributed by atoms with Gasteiger partial charge in [-0.2, -0.15) is 0 Å². The molecular weight excluding hydrogens is 302 g/mol. The van der Waals surface area contributed by atoms with Crippen LogP contribution in [0.3, 0.4) is 0 Å². The van der Waals surface area contributed by atoms with Crippen LogP contribution in [0.4, 0.5) is 0 Å². The first kappa shape index (κ1) is 15.6. The summed E-state index contributed by atoms with van der Waals surface area (Å²) in [5.41, 5.74) is 2.46. The lowest BCUT2D eigenvalue weighted by atomic mass is 10.1. The number of aromatic nitrogens is 3. The molecule has 4 rings (SSSR count). The Kier molecular flexibility index (Phi) is 4.24. The number of rotatable bonds is 4. The van der Waals surface area contributed by atoms with Crippen LogP contribution >= 0.6 is 0 Å². The SMILES string of the molecule is COc1cc(C)ccc1CN1CCn2c(nnc2[C@@H]2CCCN2)C1. The summed E-state index contributed by atoms with van der Waals surface area (Å²) in [5, 5.41) is 12.4. The largest absolute Gasteiger partial charge is 0.496 e. The summed E-state index contributed by atoms with van der Waals surface area (Å²) in [5.74, 6) is 3.17. The van der Waals surface area contributed by atoms with Crippen molar-refractivity contribution < 1.29 is 4.74 Å². The summed E-state index contributed by atoms with van der Waals surface area (Å²) in [6, 6.07) is 6.80. The number of hydrogen-bond donors (Lipinski definition) is 1. The van der Waals surface area contributed by atoms with Crippen LogP contribution < -0.4 is 10.1 Å². The van der Waals surface area contributed by atoms with E-state index in [2.05, 4.69) is 50.1 Å². The predicted octanol–water partition coefficient (Wildman–Crippen LogP) is 2.04. The van der Waals surface area contributed by atoms with Gasteiger partial charge in [0.05, 0.1) is 19.7 Å². The van der Waals surface area contributed by atoms with Crippen molar-refractivity contribution >= 4 is 0 Å². The van der Waals surface area contributed by atoms with Crippen LogP contribution in [-0.2, 0) is 19.6 Å². The lowest BCUT2D eigenvalue weighted by Gasteiger charge is -2.28. The first-order valence-electron chi connectivity index (χ1n) is 8.76. The molecule has 2 aliphatic heterocycles.